The zero-order valence-corrected chi connectivity index (χ0v) is 16.5. The number of rotatable bonds is 5. The van der Waals surface area contributed by atoms with E-state index in [0.717, 1.165) is 23.6 Å². The highest BCUT2D eigenvalue weighted by Gasteiger charge is 2.16. The highest BCUT2D eigenvalue weighted by atomic mass is 35.5. The van der Waals surface area contributed by atoms with Crippen molar-refractivity contribution in [1.82, 2.24) is 14.3 Å². The van der Waals surface area contributed by atoms with Crippen LogP contribution in [0.2, 0.25) is 4.34 Å². The summed E-state index contributed by atoms with van der Waals surface area (Å²) in [5, 5.41) is 4.12. The highest BCUT2D eigenvalue weighted by molar-refractivity contribution is 7.18. The number of nitrogens with zero attached hydrogens (tertiary/aromatic N) is 3. The third-order valence-corrected chi connectivity index (χ3v) is 5.20. The normalized spacial score (nSPS) is 10.8. The van der Waals surface area contributed by atoms with Crippen molar-refractivity contribution in [1.29, 1.82) is 0 Å². The molecule has 5 nitrogen and oxygen atoms in total. The van der Waals surface area contributed by atoms with Crippen molar-refractivity contribution in [3.05, 3.63) is 72.8 Å². The van der Waals surface area contributed by atoms with Crippen LogP contribution in [-0.2, 0) is 20.0 Å². The Morgan fingerprint density at radius 2 is 2.10 bits per heavy atom. The van der Waals surface area contributed by atoms with Gasteiger partial charge in [0, 0.05) is 25.9 Å². The molecule has 0 saturated carbocycles. The molecule has 0 unspecified atom stereocenters. The van der Waals surface area contributed by atoms with Gasteiger partial charge in [0.1, 0.15) is 10.0 Å². The van der Waals surface area contributed by atoms with Crippen molar-refractivity contribution in [2.45, 2.75) is 19.4 Å². The molecule has 0 atom stereocenters. The number of aromatic nitrogens is 3. The molecule has 3 aromatic rings. The summed E-state index contributed by atoms with van der Waals surface area (Å²) >= 11 is 7.15. The zero-order valence-electron chi connectivity index (χ0n) is 15.0. The Bertz CT molecular complexity index is 1190. The molecule has 10 heteroatoms. The van der Waals surface area contributed by atoms with Crippen molar-refractivity contribution in [2.75, 3.05) is 0 Å². The highest BCUT2D eigenvalue weighted by Crippen LogP contribution is 2.28. The van der Waals surface area contributed by atoms with Gasteiger partial charge in [-0.15, -0.1) is 11.3 Å². The molecule has 150 valence electrons. The Kier molecular flexibility index (Phi) is 6.25. The molecule has 0 aromatic carbocycles. The molecule has 0 aliphatic rings. The van der Waals surface area contributed by atoms with E-state index < -0.39 is 30.1 Å². The molecule has 0 radical (unpaired) electrons. The molecule has 3 aromatic heterocycles. The fraction of sp³-hybridized carbons (Fsp3) is 0.211. The average molecular weight is 440 g/mol. The molecular weight excluding hydrogens is 427 g/mol. The van der Waals surface area contributed by atoms with Gasteiger partial charge in [-0.2, -0.15) is 5.10 Å². The number of carbonyl (C=O) groups excluding carboxylic acids is 1. The summed E-state index contributed by atoms with van der Waals surface area (Å²) in [6.45, 7) is -0.949. The van der Waals surface area contributed by atoms with Gasteiger partial charge in [-0.3, -0.25) is 14.3 Å². The van der Waals surface area contributed by atoms with E-state index in [1.165, 1.54) is 6.07 Å². The van der Waals surface area contributed by atoms with E-state index >= 15 is 0 Å². The maximum absolute atomic E-state index is 13.7. The second-order valence-electron chi connectivity index (χ2n) is 6.07. The fourth-order valence-corrected chi connectivity index (χ4v) is 3.64. The number of halogens is 4. The summed E-state index contributed by atoms with van der Waals surface area (Å²) in [5.74, 6) is 4.08. The lowest BCUT2D eigenvalue weighted by Gasteiger charge is -2.08. The topological polar surface area (TPSA) is 56.9 Å². The van der Waals surface area contributed by atoms with E-state index in [-0.39, 0.29) is 16.9 Å². The van der Waals surface area contributed by atoms with Crippen LogP contribution in [0.25, 0.3) is 0 Å². The van der Waals surface area contributed by atoms with Gasteiger partial charge in [0.25, 0.3) is 12.0 Å². The predicted molar refractivity (Wildman–Crippen MR) is 103 cm³/mol. The van der Waals surface area contributed by atoms with Gasteiger partial charge in [0.05, 0.1) is 17.0 Å². The molecule has 0 aliphatic carbocycles. The number of alkyl halides is 2. The van der Waals surface area contributed by atoms with Crippen LogP contribution in [0, 0.1) is 17.7 Å². The molecule has 0 fully saturated rings. The van der Waals surface area contributed by atoms with Crippen molar-refractivity contribution >= 4 is 28.7 Å². The van der Waals surface area contributed by atoms with Crippen LogP contribution in [0.3, 0.4) is 0 Å². The number of carbonyl (C=O) groups is 1. The van der Waals surface area contributed by atoms with Gasteiger partial charge >= 0.3 is 0 Å². The van der Waals surface area contributed by atoms with Crippen LogP contribution < -0.4 is 5.56 Å². The van der Waals surface area contributed by atoms with Gasteiger partial charge in [0.15, 0.2) is 11.6 Å². The lowest BCUT2D eigenvalue weighted by molar-refractivity contribution is 0.0996. The molecular formula is C19H13ClF3N3O2S. The van der Waals surface area contributed by atoms with Crippen LogP contribution in [-0.4, -0.2) is 26.6 Å². The largest absolute Gasteiger partial charge is 0.307 e. The number of hydrogen-bond acceptors (Lipinski definition) is 4. The zero-order chi connectivity index (χ0) is 21.1. The lowest BCUT2D eigenvalue weighted by Crippen LogP contribution is -2.26. The minimum atomic E-state index is -2.82. The minimum Gasteiger partial charge on any atom is -0.307 e. The molecule has 0 amide bonds. The Hall–Kier alpha value is -2.83. The summed E-state index contributed by atoms with van der Waals surface area (Å²) in [5.41, 5.74) is -0.0648. The first-order chi connectivity index (χ1) is 13.7. The number of Topliss-reactive ketones (excluding diaryl/α,β-unsaturated/α-hetero) is 1. The third kappa shape index (κ3) is 5.16. The second kappa shape index (κ2) is 8.68. The van der Waals surface area contributed by atoms with Crippen LogP contribution >= 0.6 is 22.9 Å². The van der Waals surface area contributed by atoms with Gasteiger partial charge in [-0.1, -0.05) is 17.5 Å². The molecule has 3 rings (SSSR count). The van der Waals surface area contributed by atoms with E-state index in [4.69, 9.17) is 11.6 Å². The second-order valence-corrected chi connectivity index (χ2v) is 7.72. The van der Waals surface area contributed by atoms with Crippen LogP contribution in [0.15, 0.2) is 35.4 Å². The molecule has 0 bridgehead atoms. The quantitative estimate of drug-likeness (QED) is 0.451. The van der Waals surface area contributed by atoms with Crippen molar-refractivity contribution in [3.8, 4) is 11.8 Å². The maximum atomic E-state index is 13.7. The van der Waals surface area contributed by atoms with Crippen LogP contribution in [0.5, 0.6) is 0 Å². The first-order valence-corrected chi connectivity index (χ1v) is 9.43. The van der Waals surface area contributed by atoms with Crippen molar-refractivity contribution < 1.29 is 18.0 Å². The number of thiophene rings is 1. The monoisotopic (exact) mass is 439 g/mol. The van der Waals surface area contributed by atoms with Crippen LogP contribution in [0.4, 0.5) is 13.2 Å². The predicted octanol–water partition coefficient (Wildman–Crippen LogP) is 3.53. The summed E-state index contributed by atoms with van der Waals surface area (Å²) in [7, 11) is 1.76. The summed E-state index contributed by atoms with van der Waals surface area (Å²) in [6, 6.07) is 4.11. The van der Waals surface area contributed by atoms with Gasteiger partial charge < -0.3 is 4.57 Å². The molecule has 0 spiro atoms. The van der Waals surface area contributed by atoms with Crippen LogP contribution in [0.1, 0.15) is 26.5 Å². The molecule has 3 heterocycles. The van der Waals surface area contributed by atoms with E-state index in [0.29, 0.717) is 20.2 Å². The Morgan fingerprint density at radius 1 is 1.34 bits per heavy atom. The molecule has 0 N–H and O–H groups in total. The summed E-state index contributed by atoms with van der Waals surface area (Å²) < 4.78 is 41.3. The fourth-order valence-electron chi connectivity index (χ4n) is 2.52. The summed E-state index contributed by atoms with van der Waals surface area (Å²) in [6.07, 6.45) is -0.299. The number of hydrogen-bond donors (Lipinski definition) is 0. The van der Waals surface area contributed by atoms with Gasteiger partial charge in [-0.05, 0) is 29.7 Å². The maximum Gasteiger partial charge on any atom is 0.286 e. The first kappa shape index (κ1) is 20.9. The standard InChI is InChI=1S/C19H13ClF3N3O2S/c1-25-5-4-13(24-25)3-2-12-8-16(29-18(12)20)15(27)7-11-6-14(21)19(28)26(9-11)10-17(22)23/h4-6,8-9,17H,7,10H2,1H3. The van der Waals surface area contributed by atoms with E-state index in [9.17, 15) is 22.8 Å². The SMILES string of the molecule is Cn1ccc(C#Cc2cc(C(=O)Cc3cc(F)c(=O)n(CC(F)F)c3)sc2Cl)n1. The van der Waals surface area contributed by atoms with Crippen molar-refractivity contribution in [3.63, 3.8) is 0 Å². The van der Waals surface area contributed by atoms with E-state index in [1.807, 2.05) is 0 Å². The van der Waals surface area contributed by atoms with E-state index in [2.05, 4.69) is 16.9 Å². The van der Waals surface area contributed by atoms with E-state index in [1.54, 1.807) is 24.0 Å². The third-order valence-electron chi connectivity index (χ3n) is 3.80. The Morgan fingerprint density at radius 3 is 2.76 bits per heavy atom. The first-order valence-electron chi connectivity index (χ1n) is 8.24. The molecule has 0 saturated heterocycles. The minimum absolute atomic E-state index is 0.110. The molecule has 29 heavy (non-hydrogen) atoms. The Labute approximate surface area is 172 Å². The van der Waals surface area contributed by atoms with Gasteiger partial charge in [-0.25, -0.2) is 13.2 Å². The summed E-state index contributed by atoms with van der Waals surface area (Å²) in [4.78, 5) is 24.4. The average Bonchev–Trinajstić information content (AvgIpc) is 3.22. The Balaban J connectivity index is 1.81. The lowest BCUT2D eigenvalue weighted by atomic mass is 10.1. The number of pyridine rings is 1. The van der Waals surface area contributed by atoms with Crippen molar-refractivity contribution in [2.24, 2.45) is 7.05 Å². The molecule has 0 aliphatic heterocycles. The number of ketones is 1. The smallest absolute Gasteiger partial charge is 0.286 e. The van der Waals surface area contributed by atoms with Gasteiger partial charge in [0.2, 0.25) is 0 Å². The number of aryl methyl sites for hydroxylation is 1.